The van der Waals surface area contributed by atoms with E-state index in [2.05, 4.69) is 11.9 Å². The van der Waals surface area contributed by atoms with Crippen molar-refractivity contribution < 1.29 is 23.8 Å². The number of carbonyl (C=O) groups is 2. The predicted molar refractivity (Wildman–Crippen MR) is 113 cm³/mol. The Morgan fingerprint density at radius 3 is 2.48 bits per heavy atom. The van der Waals surface area contributed by atoms with E-state index >= 15 is 0 Å². The first kappa shape index (κ1) is 21.8. The molecule has 0 heterocycles. The molecule has 0 aromatic heterocycles. The smallest absolute Gasteiger partial charge is 0.331 e. The van der Waals surface area contributed by atoms with Crippen LogP contribution in [0.15, 0.2) is 55.1 Å². The van der Waals surface area contributed by atoms with Crippen LogP contribution in [0.1, 0.15) is 16.7 Å². The number of methoxy groups -OCH3 is 1. The van der Waals surface area contributed by atoms with Gasteiger partial charge in [-0.05, 0) is 48.7 Å². The average molecular weight is 395 g/mol. The standard InChI is InChI=1S/C23H25NO5/c1-5-13-28-19-11-9-18(14-20(19)27-4)10-12-22(26)29-15-21(25)24-23-16(2)7-6-8-17(23)3/h5-12,14H,1,13,15H2,2-4H3,(H,24,25)/b12-10+. The van der Waals surface area contributed by atoms with Gasteiger partial charge < -0.3 is 19.5 Å². The van der Waals surface area contributed by atoms with Gasteiger partial charge in [-0.3, -0.25) is 4.79 Å². The summed E-state index contributed by atoms with van der Waals surface area (Å²) in [5, 5.41) is 2.77. The van der Waals surface area contributed by atoms with Gasteiger partial charge in [-0.1, -0.05) is 36.9 Å². The summed E-state index contributed by atoms with van der Waals surface area (Å²) in [5.41, 5.74) is 3.35. The van der Waals surface area contributed by atoms with Gasteiger partial charge >= 0.3 is 5.97 Å². The number of aryl methyl sites for hydroxylation is 2. The third-order valence-electron chi connectivity index (χ3n) is 4.05. The maximum Gasteiger partial charge on any atom is 0.331 e. The SMILES string of the molecule is C=CCOc1ccc(/C=C/C(=O)OCC(=O)Nc2c(C)cccc2C)cc1OC. The Bertz CT molecular complexity index is 897. The molecule has 0 unspecified atom stereocenters. The molecule has 0 atom stereocenters. The van der Waals surface area contributed by atoms with Crippen molar-refractivity contribution in [1.82, 2.24) is 0 Å². The number of anilines is 1. The van der Waals surface area contributed by atoms with Gasteiger partial charge in [-0.25, -0.2) is 4.79 Å². The molecule has 152 valence electrons. The second-order valence-corrected chi connectivity index (χ2v) is 6.27. The number of carbonyl (C=O) groups excluding carboxylic acids is 2. The van der Waals surface area contributed by atoms with Gasteiger partial charge in [0.25, 0.3) is 5.91 Å². The lowest BCUT2D eigenvalue weighted by atomic mass is 10.1. The number of amides is 1. The Morgan fingerprint density at radius 1 is 1.10 bits per heavy atom. The van der Waals surface area contributed by atoms with Crippen LogP contribution >= 0.6 is 0 Å². The first-order valence-corrected chi connectivity index (χ1v) is 9.07. The first-order valence-electron chi connectivity index (χ1n) is 9.07. The van der Waals surface area contributed by atoms with Crippen LogP contribution in [0.5, 0.6) is 11.5 Å². The number of rotatable bonds is 9. The second-order valence-electron chi connectivity index (χ2n) is 6.27. The van der Waals surface area contributed by atoms with Gasteiger partial charge in [0, 0.05) is 11.8 Å². The van der Waals surface area contributed by atoms with Gasteiger partial charge in [0.15, 0.2) is 18.1 Å². The number of hydrogen-bond acceptors (Lipinski definition) is 5. The fraction of sp³-hybridized carbons (Fsp3) is 0.217. The van der Waals surface area contributed by atoms with E-state index < -0.39 is 11.9 Å². The quantitative estimate of drug-likeness (QED) is 0.394. The molecule has 0 saturated heterocycles. The number of ether oxygens (including phenoxy) is 3. The fourth-order valence-corrected chi connectivity index (χ4v) is 2.59. The van der Waals surface area contributed by atoms with E-state index in [-0.39, 0.29) is 6.61 Å². The highest BCUT2D eigenvalue weighted by atomic mass is 16.5. The van der Waals surface area contributed by atoms with Crippen LogP contribution in [0, 0.1) is 13.8 Å². The van der Waals surface area contributed by atoms with Crippen molar-refractivity contribution in [3.05, 3.63) is 71.8 Å². The Kier molecular flexibility index (Phi) is 8.03. The maximum absolute atomic E-state index is 12.1. The molecule has 0 saturated carbocycles. The molecule has 29 heavy (non-hydrogen) atoms. The molecule has 6 heteroatoms. The summed E-state index contributed by atoms with van der Waals surface area (Å²) in [6.07, 6.45) is 4.47. The zero-order chi connectivity index (χ0) is 21.2. The van der Waals surface area contributed by atoms with Crippen molar-refractivity contribution in [2.45, 2.75) is 13.8 Å². The van der Waals surface area contributed by atoms with Crippen LogP contribution < -0.4 is 14.8 Å². The minimum Gasteiger partial charge on any atom is -0.493 e. The van der Waals surface area contributed by atoms with Gasteiger partial charge in [0.1, 0.15) is 6.61 Å². The number of benzene rings is 2. The fourth-order valence-electron chi connectivity index (χ4n) is 2.59. The monoisotopic (exact) mass is 395 g/mol. The minimum absolute atomic E-state index is 0.363. The van der Waals surface area contributed by atoms with E-state index in [0.29, 0.717) is 18.1 Å². The van der Waals surface area contributed by atoms with E-state index in [0.717, 1.165) is 22.4 Å². The average Bonchev–Trinajstić information content (AvgIpc) is 2.72. The summed E-state index contributed by atoms with van der Waals surface area (Å²) in [4.78, 5) is 24.0. The molecule has 1 amide bonds. The zero-order valence-corrected chi connectivity index (χ0v) is 16.9. The van der Waals surface area contributed by atoms with Gasteiger partial charge in [-0.15, -0.1) is 0 Å². The van der Waals surface area contributed by atoms with E-state index in [1.54, 1.807) is 30.4 Å². The second kappa shape index (κ2) is 10.7. The van der Waals surface area contributed by atoms with E-state index in [9.17, 15) is 9.59 Å². The summed E-state index contributed by atoms with van der Waals surface area (Å²) in [6, 6.07) is 11.0. The van der Waals surface area contributed by atoms with Gasteiger partial charge in [-0.2, -0.15) is 0 Å². The molecule has 2 aromatic rings. The first-order chi connectivity index (χ1) is 13.9. The Balaban J connectivity index is 1.91. The highest BCUT2D eigenvalue weighted by Gasteiger charge is 2.09. The molecule has 1 N–H and O–H groups in total. The highest BCUT2D eigenvalue weighted by molar-refractivity contribution is 5.95. The summed E-state index contributed by atoms with van der Waals surface area (Å²) in [5.74, 6) is 0.104. The number of esters is 1. The third-order valence-corrected chi connectivity index (χ3v) is 4.05. The lowest BCUT2D eigenvalue weighted by Gasteiger charge is -2.11. The molecule has 0 aliphatic heterocycles. The molecule has 0 bridgehead atoms. The molecule has 0 radical (unpaired) electrons. The number of para-hydroxylation sites is 1. The molecule has 6 nitrogen and oxygen atoms in total. The minimum atomic E-state index is -0.618. The summed E-state index contributed by atoms with van der Waals surface area (Å²) in [6.45, 7) is 7.40. The van der Waals surface area contributed by atoms with Crippen LogP contribution in [0.2, 0.25) is 0 Å². The normalized spacial score (nSPS) is 10.4. The zero-order valence-electron chi connectivity index (χ0n) is 16.9. The van der Waals surface area contributed by atoms with Crippen molar-refractivity contribution in [1.29, 1.82) is 0 Å². The van der Waals surface area contributed by atoms with Gasteiger partial charge in [0.2, 0.25) is 0 Å². The summed E-state index contributed by atoms with van der Waals surface area (Å²) < 4.78 is 15.8. The van der Waals surface area contributed by atoms with Crippen LogP contribution in [0.3, 0.4) is 0 Å². The largest absolute Gasteiger partial charge is 0.493 e. The Hall–Kier alpha value is -3.54. The summed E-state index contributed by atoms with van der Waals surface area (Å²) in [7, 11) is 1.53. The molecule has 2 rings (SSSR count). The van der Waals surface area contributed by atoms with Crippen LogP contribution in [-0.4, -0.2) is 32.2 Å². The maximum atomic E-state index is 12.1. The van der Waals surface area contributed by atoms with E-state index in [1.165, 1.54) is 13.2 Å². The molecule has 2 aromatic carbocycles. The molecule has 0 aliphatic rings. The molecule has 0 aliphatic carbocycles. The number of hydrogen-bond donors (Lipinski definition) is 1. The van der Waals surface area contributed by atoms with Crippen molar-refractivity contribution in [3.63, 3.8) is 0 Å². The Morgan fingerprint density at radius 2 is 1.83 bits per heavy atom. The van der Waals surface area contributed by atoms with E-state index in [1.807, 2.05) is 32.0 Å². The van der Waals surface area contributed by atoms with Crippen molar-refractivity contribution in [2.24, 2.45) is 0 Å². The van der Waals surface area contributed by atoms with Crippen LogP contribution in [0.4, 0.5) is 5.69 Å². The number of nitrogens with one attached hydrogen (secondary N) is 1. The van der Waals surface area contributed by atoms with E-state index in [4.69, 9.17) is 14.2 Å². The van der Waals surface area contributed by atoms with Crippen LogP contribution in [0.25, 0.3) is 6.08 Å². The molecular weight excluding hydrogens is 370 g/mol. The van der Waals surface area contributed by atoms with Gasteiger partial charge in [0.05, 0.1) is 7.11 Å². The van der Waals surface area contributed by atoms with Crippen molar-refractivity contribution in [2.75, 3.05) is 25.6 Å². The third kappa shape index (κ3) is 6.53. The lowest BCUT2D eigenvalue weighted by Crippen LogP contribution is -2.21. The van der Waals surface area contributed by atoms with Crippen molar-refractivity contribution in [3.8, 4) is 11.5 Å². The Labute approximate surface area is 170 Å². The molecule has 0 spiro atoms. The predicted octanol–water partition coefficient (Wildman–Crippen LogP) is 4.07. The summed E-state index contributed by atoms with van der Waals surface area (Å²) >= 11 is 0. The van der Waals surface area contributed by atoms with Crippen molar-refractivity contribution >= 4 is 23.6 Å². The van der Waals surface area contributed by atoms with Crippen LogP contribution in [-0.2, 0) is 14.3 Å². The lowest BCUT2D eigenvalue weighted by molar-refractivity contribution is -0.142. The highest BCUT2D eigenvalue weighted by Crippen LogP contribution is 2.28. The molecule has 0 fully saturated rings. The molecular formula is C23H25NO5. The topological polar surface area (TPSA) is 73.9 Å².